The Morgan fingerprint density at radius 1 is 0.933 bits per heavy atom. The van der Waals surface area contributed by atoms with E-state index in [0.717, 1.165) is 50.8 Å². The first-order chi connectivity index (χ1) is 14.8. The summed E-state index contributed by atoms with van der Waals surface area (Å²) >= 11 is 1.63. The maximum absolute atomic E-state index is 5.54. The predicted molar refractivity (Wildman–Crippen MR) is 115 cm³/mol. The molecule has 6 nitrogen and oxygen atoms in total. The molecule has 1 aliphatic heterocycles. The minimum atomic E-state index is 0.242. The highest BCUT2D eigenvalue weighted by atomic mass is 32.2. The van der Waals surface area contributed by atoms with Gasteiger partial charge in [-0.2, -0.15) is 0 Å². The summed E-state index contributed by atoms with van der Waals surface area (Å²) < 4.78 is 18.4. The number of benzene rings is 3. The van der Waals surface area contributed by atoms with Crippen LogP contribution in [-0.2, 0) is 5.75 Å². The monoisotopic (exact) mass is 417 g/mol. The topological polar surface area (TPSA) is 58.4 Å². The van der Waals surface area contributed by atoms with E-state index in [1.807, 2.05) is 54.6 Å². The van der Waals surface area contributed by atoms with Gasteiger partial charge in [-0.15, -0.1) is 10.2 Å². The van der Waals surface area contributed by atoms with Crippen molar-refractivity contribution in [2.75, 3.05) is 13.9 Å². The minimum Gasteiger partial charge on any atom is -0.497 e. The molecule has 4 aromatic rings. The maximum Gasteiger partial charge on any atom is 0.231 e. The van der Waals surface area contributed by atoms with E-state index in [4.69, 9.17) is 14.2 Å². The molecule has 30 heavy (non-hydrogen) atoms. The molecule has 0 fully saturated rings. The van der Waals surface area contributed by atoms with Gasteiger partial charge in [0.25, 0.3) is 0 Å². The van der Waals surface area contributed by atoms with Crippen molar-refractivity contribution in [3.8, 4) is 34.3 Å². The Balaban J connectivity index is 1.51. The first-order valence-corrected chi connectivity index (χ1v) is 10.5. The summed E-state index contributed by atoms with van der Waals surface area (Å²) in [5.41, 5.74) is 3.08. The van der Waals surface area contributed by atoms with Crippen LogP contribution in [0, 0.1) is 0 Å². The molecule has 7 heteroatoms. The van der Waals surface area contributed by atoms with E-state index in [-0.39, 0.29) is 6.79 Å². The summed E-state index contributed by atoms with van der Waals surface area (Å²) in [7, 11) is 1.68. The highest BCUT2D eigenvalue weighted by Gasteiger charge is 2.20. The SMILES string of the molecule is COc1cccc(CSc2nnc(-c3ccc4c(c3)OCO4)n2-c2ccccc2)c1. The number of rotatable bonds is 6. The second-order valence-corrected chi connectivity index (χ2v) is 7.63. The summed E-state index contributed by atoms with van der Waals surface area (Å²) in [6.07, 6.45) is 0. The van der Waals surface area contributed by atoms with Crippen molar-refractivity contribution < 1.29 is 14.2 Å². The molecule has 1 aliphatic rings. The van der Waals surface area contributed by atoms with Gasteiger partial charge >= 0.3 is 0 Å². The van der Waals surface area contributed by atoms with Gasteiger partial charge in [0.05, 0.1) is 7.11 Å². The number of hydrogen-bond acceptors (Lipinski definition) is 6. The maximum atomic E-state index is 5.54. The van der Waals surface area contributed by atoms with Gasteiger partial charge in [-0.3, -0.25) is 4.57 Å². The van der Waals surface area contributed by atoms with Crippen LogP contribution in [0.15, 0.2) is 78.0 Å². The van der Waals surface area contributed by atoms with Crippen LogP contribution in [0.2, 0.25) is 0 Å². The standard InChI is InChI=1S/C23H19N3O3S/c1-27-19-9-5-6-16(12-19)14-30-23-25-24-22(26(23)18-7-3-2-4-8-18)17-10-11-20-21(13-17)29-15-28-20/h2-13H,14-15H2,1H3. The van der Waals surface area contributed by atoms with Gasteiger partial charge in [-0.1, -0.05) is 42.1 Å². The number of methoxy groups -OCH3 is 1. The summed E-state index contributed by atoms with van der Waals surface area (Å²) in [6, 6.07) is 24.0. The van der Waals surface area contributed by atoms with E-state index >= 15 is 0 Å². The van der Waals surface area contributed by atoms with Crippen molar-refractivity contribution in [3.63, 3.8) is 0 Å². The van der Waals surface area contributed by atoms with Crippen LogP contribution >= 0.6 is 11.8 Å². The molecule has 1 aromatic heterocycles. The van der Waals surface area contributed by atoms with E-state index in [0.29, 0.717) is 0 Å². The van der Waals surface area contributed by atoms with Crippen molar-refractivity contribution in [1.29, 1.82) is 0 Å². The summed E-state index contributed by atoms with van der Waals surface area (Å²) in [5, 5.41) is 9.81. The molecule has 0 bridgehead atoms. The summed E-state index contributed by atoms with van der Waals surface area (Å²) in [4.78, 5) is 0. The highest BCUT2D eigenvalue weighted by molar-refractivity contribution is 7.98. The fourth-order valence-electron chi connectivity index (χ4n) is 3.31. The lowest BCUT2D eigenvalue weighted by Crippen LogP contribution is -1.99. The average Bonchev–Trinajstić information content (AvgIpc) is 3.44. The van der Waals surface area contributed by atoms with E-state index in [1.54, 1.807) is 18.9 Å². The molecule has 3 aromatic carbocycles. The third kappa shape index (κ3) is 3.59. The van der Waals surface area contributed by atoms with Crippen LogP contribution in [0.4, 0.5) is 0 Å². The van der Waals surface area contributed by atoms with Crippen LogP contribution in [-0.4, -0.2) is 28.7 Å². The van der Waals surface area contributed by atoms with E-state index in [1.165, 1.54) is 0 Å². The molecule has 0 N–H and O–H groups in total. The fraction of sp³-hybridized carbons (Fsp3) is 0.130. The molecule has 0 radical (unpaired) electrons. The molecule has 5 rings (SSSR count). The molecule has 0 spiro atoms. The Bertz CT molecular complexity index is 1180. The zero-order valence-corrected chi connectivity index (χ0v) is 17.1. The van der Waals surface area contributed by atoms with Gasteiger partial charge in [-0.25, -0.2) is 0 Å². The zero-order valence-electron chi connectivity index (χ0n) is 16.3. The van der Waals surface area contributed by atoms with E-state index < -0.39 is 0 Å². The van der Waals surface area contributed by atoms with Crippen molar-refractivity contribution in [2.24, 2.45) is 0 Å². The largest absolute Gasteiger partial charge is 0.497 e. The third-order valence-electron chi connectivity index (χ3n) is 4.78. The normalized spacial score (nSPS) is 12.2. The molecule has 0 saturated heterocycles. The van der Waals surface area contributed by atoms with Crippen LogP contribution in [0.1, 0.15) is 5.56 Å². The predicted octanol–water partition coefficient (Wildman–Crippen LogP) is 4.96. The molecule has 0 unspecified atom stereocenters. The van der Waals surface area contributed by atoms with Gasteiger partial charge in [0.15, 0.2) is 22.5 Å². The molecular formula is C23H19N3O3S. The number of para-hydroxylation sites is 1. The van der Waals surface area contributed by atoms with E-state index in [2.05, 4.69) is 33.0 Å². The van der Waals surface area contributed by atoms with Gasteiger partial charge in [0, 0.05) is 17.0 Å². The Kier molecular flexibility index (Phi) is 5.03. The van der Waals surface area contributed by atoms with Gasteiger partial charge < -0.3 is 14.2 Å². The summed E-state index contributed by atoms with van der Waals surface area (Å²) in [6.45, 7) is 0.242. The number of fused-ring (bicyclic) bond motifs is 1. The minimum absolute atomic E-state index is 0.242. The van der Waals surface area contributed by atoms with Crippen molar-refractivity contribution in [2.45, 2.75) is 10.9 Å². The molecule has 0 amide bonds. The van der Waals surface area contributed by atoms with Crippen LogP contribution < -0.4 is 14.2 Å². The van der Waals surface area contributed by atoms with Gasteiger partial charge in [-0.05, 0) is 48.0 Å². The smallest absolute Gasteiger partial charge is 0.231 e. The lowest BCUT2D eigenvalue weighted by atomic mass is 10.2. The Morgan fingerprint density at radius 2 is 1.80 bits per heavy atom. The van der Waals surface area contributed by atoms with Crippen molar-refractivity contribution in [1.82, 2.24) is 14.8 Å². The van der Waals surface area contributed by atoms with Crippen molar-refractivity contribution >= 4 is 11.8 Å². The molecule has 0 saturated carbocycles. The van der Waals surface area contributed by atoms with Crippen molar-refractivity contribution in [3.05, 3.63) is 78.4 Å². The fourth-order valence-corrected chi connectivity index (χ4v) is 4.20. The van der Waals surface area contributed by atoms with Crippen LogP contribution in [0.25, 0.3) is 17.1 Å². The second-order valence-electron chi connectivity index (χ2n) is 6.69. The Labute approximate surface area is 178 Å². The van der Waals surface area contributed by atoms with E-state index in [9.17, 15) is 0 Å². The average molecular weight is 417 g/mol. The van der Waals surface area contributed by atoms with Crippen LogP contribution in [0.5, 0.6) is 17.2 Å². The number of nitrogens with zero attached hydrogens (tertiary/aromatic N) is 3. The lowest BCUT2D eigenvalue weighted by molar-refractivity contribution is 0.174. The first kappa shape index (κ1) is 18.6. The Morgan fingerprint density at radius 3 is 2.67 bits per heavy atom. The second kappa shape index (κ2) is 8.12. The molecule has 0 aliphatic carbocycles. The van der Waals surface area contributed by atoms with Gasteiger partial charge in [0.1, 0.15) is 5.75 Å². The van der Waals surface area contributed by atoms with Gasteiger partial charge in [0.2, 0.25) is 6.79 Å². The first-order valence-electron chi connectivity index (χ1n) is 9.48. The molecular weight excluding hydrogens is 398 g/mol. The lowest BCUT2D eigenvalue weighted by Gasteiger charge is -2.11. The zero-order chi connectivity index (χ0) is 20.3. The molecule has 0 atom stereocenters. The molecule has 150 valence electrons. The summed E-state index contributed by atoms with van der Waals surface area (Å²) in [5.74, 6) is 3.83. The number of ether oxygens (including phenoxy) is 3. The Hall–Kier alpha value is -3.45. The molecule has 2 heterocycles. The van der Waals surface area contributed by atoms with Crippen LogP contribution in [0.3, 0.4) is 0 Å². The highest BCUT2D eigenvalue weighted by Crippen LogP contribution is 2.37. The quantitative estimate of drug-likeness (QED) is 0.413. The number of aromatic nitrogens is 3. The third-order valence-corrected chi connectivity index (χ3v) is 5.78. The number of thioether (sulfide) groups is 1. The number of hydrogen-bond donors (Lipinski definition) is 0.